The van der Waals surface area contributed by atoms with Crippen LogP contribution in [0.1, 0.15) is 36.8 Å². The van der Waals surface area contributed by atoms with Crippen molar-refractivity contribution in [3.05, 3.63) is 28.5 Å². The van der Waals surface area contributed by atoms with E-state index in [-0.39, 0.29) is 0 Å². The highest BCUT2D eigenvalue weighted by atomic mass is 32.1. The van der Waals surface area contributed by atoms with Gasteiger partial charge in [0, 0.05) is 11.1 Å². The van der Waals surface area contributed by atoms with Gasteiger partial charge in [-0.05, 0) is 18.9 Å². The lowest BCUT2D eigenvalue weighted by molar-refractivity contribution is 0.834. The van der Waals surface area contributed by atoms with E-state index in [0.717, 1.165) is 16.5 Å². The molecule has 18 heavy (non-hydrogen) atoms. The molecule has 0 amide bonds. The number of aromatic nitrogens is 3. The average molecular weight is 259 g/mol. The van der Waals surface area contributed by atoms with Crippen molar-refractivity contribution in [2.75, 3.05) is 5.32 Å². The fourth-order valence-corrected chi connectivity index (χ4v) is 2.25. The summed E-state index contributed by atoms with van der Waals surface area (Å²) in [6.07, 6.45) is 0. The number of hydrogen-bond donors (Lipinski definition) is 1. The van der Waals surface area contributed by atoms with Gasteiger partial charge < -0.3 is 0 Å². The van der Waals surface area contributed by atoms with Crippen LogP contribution < -0.4 is 5.32 Å². The van der Waals surface area contributed by atoms with Gasteiger partial charge in [0.2, 0.25) is 5.95 Å². The van der Waals surface area contributed by atoms with Gasteiger partial charge in [-0.3, -0.25) is 5.32 Å². The van der Waals surface area contributed by atoms with Crippen LogP contribution in [0.25, 0.3) is 0 Å². The molecule has 2 rings (SSSR count). The molecule has 0 bridgehead atoms. The lowest BCUT2D eigenvalue weighted by Gasteiger charge is -2.02. The van der Waals surface area contributed by atoms with Gasteiger partial charge in [-0.2, -0.15) is 5.26 Å². The summed E-state index contributed by atoms with van der Waals surface area (Å²) in [7, 11) is 0. The number of thiazole rings is 1. The topological polar surface area (TPSA) is 74.5 Å². The lowest BCUT2D eigenvalue weighted by atomic mass is 10.2. The second kappa shape index (κ2) is 5.10. The molecule has 5 nitrogen and oxygen atoms in total. The van der Waals surface area contributed by atoms with Crippen LogP contribution in [0.15, 0.2) is 11.4 Å². The van der Waals surface area contributed by atoms with Gasteiger partial charge in [-0.25, -0.2) is 15.0 Å². The van der Waals surface area contributed by atoms with Crippen LogP contribution in [0.3, 0.4) is 0 Å². The normalized spacial score (nSPS) is 10.4. The van der Waals surface area contributed by atoms with E-state index < -0.39 is 0 Å². The molecule has 0 aromatic carbocycles. The quantitative estimate of drug-likeness (QED) is 0.917. The smallest absolute Gasteiger partial charge is 0.230 e. The van der Waals surface area contributed by atoms with Crippen LogP contribution in [-0.4, -0.2) is 15.0 Å². The fraction of sp³-hybridized carbons (Fsp3) is 0.333. The zero-order valence-corrected chi connectivity index (χ0v) is 11.2. The summed E-state index contributed by atoms with van der Waals surface area (Å²) in [6.45, 7) is 6.01. The second-order valence-corrected chi connectivity index (χ2v) is 5.05. The first-order valence-electron chi connectivity index (χ1n) is 5.56. The summed E-state index contributed by atoms with van der Waals surface area (Å²) in [6, 6.07) is 3.65. The number of anilines is 2. The van der Waals surface area contributed by atoms with E-state index in [1.165, 1.54) is 11.3 Å². The summed E-state index contributed by atoms with van der Waals surface area (Å²) in [5.74, 6) is 0.807. The van der Waals surface area contributed by atoms with E-state index in [9.17, 15) is 0 Å². The first-order chi connectivity index (χ1) is 8.58. The SMILES string of the molecule is Cc1cc(C#N)nc(Nc2nc(C(C)C)cs2)n1. The van der Waals surface area contributed by atoms with Gasteiger partial charge in [0.25, 0.3) is 0 Å². The van der Waals surface area contributed by atoms with E-state index in [2.05, 4.69) is 34.1 Å². The van der Waals surface area contributed by atoms with Crippen LogP contribution in [0.2, 0.25) is 0 Å². The molecule has 0 radical (unpaired) electrons. The first-order valence-corrected chi connectivity index (χ1v) is 6.44. The summed E-state index contributed by atoms with van der Waals surface area (Å²) < 4.78 is 0. The third-order valence-corrected chi connectivity index (χ3v) is 3.08. The molecule has 0 atom stereocenters. The molecule has 1 N–H and O–H groups in total. The number of aryl methyl sites for hydroxylation is 1. The number of hydrogen-bond acceptors (Lipinski definition) is 6. The van der Waals surface area contributed by atoms with Gasteiger partial charge in [0.15, 0.2) is 5.13 Å². The van der Waals surface area contributed by atoms with E-state index in [1.807, 2.05) is 18.4 Å². The van der Waals surface area contributed by atoms with Crippen LogP contribution in [0.5, 0.6) is 0 Å². The zero-order valence-electron chi connectivity index (χ0n) is 10.4. The largest absolute Gasteiger partial charge is 0.300 e. The van der Waals surface area contributed by atoms with E-state index in [1.54, 1.807) is 6.07 Å². The van der Waals surface area contributed by atoms with E-state index in [4.69, 9.17) is 5.26 Å². The fourth-order valence-electron chi connectivity index (χ4n) is 1.39. The highest BCUT2D eigenvalue weighted by Crippen LogP contribution is 2.23. The molecule has 0 saturated carbocycles. The molecule has 0 fully saturated rings. The highest BCUT2D eigenvalue weighted by Gasteiger charge is 2.08. The third-order valence-electron chi connectivity index (χ3n) is 2.30. The summed E-state index contributed by atoms with van der Waals surface area (Å²) >= 11 is 1.51. The Kier molecular flexibility index (Phi) is 3.53. The number of nitrogens with zero attached hydrogens (tertiary/aromatic N) is 4. The Morgan fingerprint density at radius 3 is 2.72 bits per heavy atom. The Morgan fingerprint density at radius 2 is 2.11 bits per heavy atom. The summed E-state index contributed by atoms with van der Waals surface area (Å²) in [4.78, 5) is 12.7. The minimum absolute atomic E-state index is 0.352. The van der Waals surface area contributed by atoms with E-state index >= 15 is 0 Å². The Labute approximate surface area is 110 Å². The maximum absolute atomic E-state index is 8.85. The Bertz CT molecular complexity index is 597. The van der Waals surface area contributed by atoms with Crippen LogP contribution in [0.4, 0.5) is 11.1 Å². The van der Waals surface area contributed by atoms with Crippen molar-refractivity contribution in [2.45, 2.75) is 26.7 Å². The second-order valence-electron chi connectivity index (χ2n) is 4.19. The lowest BCUT2D eigenvalue weighted by Crippen LogP contribution is -2.00. The van der Waals surface area contributed by atoms with Gasteiger partial charge in [0.1, 0.15) is 11.8 Å². The van der Waals surface area contributed by atoms with Gasteiger partial charge >= 0.3 is 0 Å². The molecule has 0 saturated heterocycles. The Hall–Kier alpha value is -2.00. The summed E-state index contributed by atoms with van der Waals surface area (Å²) in [5, 5.41) is 14.6. The molecule has 2 aromatic rings. The predicted octanol–water partition coefficient (Wildman–Crippen LogP) is 2.98. The van der Waals surface area contributed by atoms with Crippen LogP contribution >= 0.6 is 11.3 Å². The molecule has 0 spiro atoms. The number of rotatable bonds is 3. The molecule has 6 heteroatoms. The Balaban J connectivity index is 2.23. The van der Waals surface area contributed by atoms with Crippen molar-refractivity contribution in [2.24, 2.45) is 0 Å². The number of nitrogens with one attached hydrogen (secondary N) is 1. The van der Waals surface area contributed by atoms with Crippen LogP contribution in [-0.2, 0) is 0 Å². The average Bonchev–Trinajstić information content (AvgIpc) is 2.76. The standard InChI is InChI=1S/C12H13N5S/c1-7(2)10-6-18-12(16-10)17-11-14-8(3)4-9(5-13)15-11/h4,6-7H,1-3H3,(H,14,15,16,17). The minimum Gasteiger partial charge on any atom is -0.300 e. The van der Waals surface area contributed by atoms with Crippen molar-refractivity contribution in [3.63, 3.8) is 0 Å². The third kappa shape index (κ3) is 2.81. The van der Waals surface area contributed by atoms with Crippen molar-refractivity contribution >= 4 is 22.4 Å². The van der Waals surface area contributed by atoms with Crippen molar-refractivity contribution in [3.8, 4) is 6.07 Å². The van der Waals surface area contributed by atoms with E-state index in [0.29, 0.717) is 17.6 Å². The maximum Gasteiger partial charge on any atom is 0.230 e. The molecule has 2 aromatic heterocycles. The Morgan fingerprint density at radius 1 is 1.33 bits per heavy atom. The molecule has 0 aliphatic rings. The highest BCUT2D eigenvalue weighted by molar-refractivity contribution is 7.13. The van der Waals surface area contributed by atoms with Gasteiger partial charge in [0.05, 0.1) is 5.69 Å². The molecule has 2 heterocycles. The van der Waals surface area contributed by atoms with Gasteiger partial charge in [-0.1, -0.05) is 13.8 Å². The number of nitriles is 1. The van der Waals surface area contributed by atoms with Crippen molar-refractivity contribution in [1.82, 2.24) is 15.0 Å². The zero-order chi connectivity index (χ0) is 13.1. The van der Waals surface area contributed by atoms with Crippen molar-refractivity contribution < 1.29 is 0 Å². The molecule has 92 valence electrons. The van der Waals surface area contributed by atoms with Gasteiger partial charge in [-0.15, -0.1) is 11.3 Å². The predicted molar refractivity (Wildman–Crippen MR) is 71.0 cm³/mol. The maximum atomic E-state index is 8.85. The van der Waals surface area contributed by atoms with Crippen molar-refractivity contribution in [1.29, 1.82) is 5.26 Å². The molecule has 0 aliphatic carbocycles. The van der Waals surface area contributed by atoms with Crippen LogP contribution in [0, 0.1) is 18.3 Å². The molecular weight excluding hydrogens is 246 g/mol. The minimum atomic E-state index is 0.352. The molecular formula is C12H13N5S. The summed E-state index contributed by atoms with van der Waals surface area (Å²) in [5.41, 5.74) is 2.14. The molecule has 0 unspecified atom stereocenters. The molecule has 0 aliphatic heterocycles. The first kappa shape index (κ1) is 12.5. The monoisotopic (exact) mass is 259 g/mol.